The number of carbonyl (C=O) groups is 4. The van der Waals surface area contributed by atoms with E-state index in [1.807, 2.05) is 6.92 Å². The number of ketones is 1. The third-order valence-electron chi connectivity index (χ3n) is 14.1. The molecule has 7 rings (SSSR count). The summed E-state index contributed by atoms with van der Waals surface area (Å²) < 4.78 is 29.5. The van der Waals surface area contributed by atoms with Gasteiger partial charge in [-0.2, -0.15) is 0 Å². The van der Waals surface area contributed by atoms with E-state index in [4.69, 9.17) is 33.7 Å². The van der Waals surface area contributed by atoms with Gasteiger partial charge in [0.2, 0.25) is 0 Å². The van der Waals surface area contributed by atoms with Crippen molar-refractivity contribution in [3.8, 4) is 17.2 Å². The number of nitrogens with one attached hydrogen (secondary N) is 1. The summed E-state index contributed by atoms with van der Waals surface area (Å²) in [7, 11) is 3.17. The van der Waals surface area contributed by atoms with Crippen LogP contribution in [0, 0.1) is 36.5 Å². The Morgan fingerprint density at radius 3 is 2.26 bits per heavy atom. The zero-order chi connectivity index (χ0) is 50.9. The van der Waals surface area contributed by atoms with Gasteiger partial charge in [-0.25, -0.2) is 0 Å². The Morgan fingerprint density at radius 1 is 0.957 bits per heavy atom. The van der Waals surface area contributed by atoms with Crippen LogP contribution in [-0.4, -0.2) is 137 Å². The van der Waals surface area contributed by atoms with Gasteiger partial charge in [-0.3, -0.25) is 34.1 Å². The van der Waals surface area contributed by atoms with Crippen LogP contribution in [0.1, 0.15) is 97.5 Å². The lowest BCUT2D eigenvalue weighted by Crippen LogP contribution is -2.47. The van der Waals surface area contributed by atoms with E-state index in [9.17, 15) is 39.6 Å². The number of piperidine rings is 1. The first kappa shape index (κ1) is 53.0. The Labute approximate surface area is 403 Å². The molecule has 1 spiro atoms. The van der Waals surface area contributed by atoms with E-state index >= 15 is 0 Å². The highest BCUT2D eigenvalue weighted by Crippen LogP contribution is 2.50. The number of methoxy groups -OCH3 is 1. The van der Waals surface area contributed by atoms with E-state index in [1.54, 1.807) is 64.8 Å². The third-order valence-corrected chi connectivity index (χ3v) is 14.1. The van der Waals surface area contributed by atoms with Crippen molar-refractivity contribution < 1.29 is 63.3 Å². The SMILES string of the molecule is CCN(C)COC(=O)CC(=O)O[C@H]1[C@H](C)[C@H](O)[C@H](C)[C@@H](O)[C@@H](C)/C=C/C=C(/C)C(=O)Nc2c(O)c3c(O)c(C)c4c(c3c3c2=NC2(CCN(CC(C)C)CC2)N=3)C(=O)[C@@](C)(O/C=C/[C@H](OC)[C@H]1C)O4. The molecular formula is C51H71N5O13. The number of aliphatic hydroxyl groups excluding tert-OH is 2. The van der Waals surface area contributed by atoms with Crippen LogP contribution in [0.2, 0.25) is 0 Å². The van der Waals surface area contributed by atoms with Crippen molar-refractivity contribution in [3.63, 3.8) is 0 Å². The number of phenols is 2. The average molecular weight is 962 g/mol. The summed E-state index contributed by atoms with van der Waals surface area (Å²) in [6, 6.07) is 0. The van der Waals surface area contributed by atoms with Crippen molar-refractivity contribution in [1.82, 2.24) is 9.80 Å². The van der Waals surface area contributed by atoms with Crippen LogP contribution in [0.4, 0.5) is 5.69 Å². The van der Waals surface area contributed by atoms with Gasteiger partial charge in [-0.15, -0.1) is 0 Å². The molecule has 5 N–H and O–H groups in total. The number of aromatic hydroxyl groups is 2. The number of Topliss-reactive ketones (excluding diaryl/α,β-unsaturated/α-hetero) is 1. The number of hydrogen-bond acceptors (Lipinski definition) is 17. The molecule has 18 heteroatoms. The Balaban J connectivity index is 1.47. The standard InChI is InChI=1S/C51H71N5O13/c1-13-55(11)25-66-34(57)23-35(58)68-46-29(6)33(65-12)17-22-67-50(10)48(63)38-36-37(44(61)32(9)47(38)69-50)45(62)41(40-39(36)53-51(54-40)18-20-56(21-19-51)24-26(2)3)52-49(64)28(5)16-14-15-27(4)42(59)30(7)43(60)31(46)8/h14-17,22,26-27,29-31,33,42-43,46,59-62H,13,18-21,23-25H2,1-12H3,(H,52,64)/b15-14+,22-17+,28-16-/t27-,29+,30+,31+,33-,42-,43+,46+,50-/m0/s1. The summed E-state index contributed by atoms with van der Waals surface area (Å²) in [6.07, 6.45) is 3.51. The number of rotatable bonds is 9. The van der Waals surface area contributed by atoms with E-state index in [2.05, 4.69) is 24.1 Å². The summed E-state index contributed by atoms with van der Waals surface area (Å²) in [5, 5.41) is 50.6. The van der Waals surface area contributed by atoms with E-state index < -0.39 is 101 Å². The van der Waals surface area contributed by atoms with Gasteiger partial charge in [0.05, 0.1) is 40.9 Å². The fraction of sp³-hybridized carbons (Fsp3) is 0.608. The first-order valence-corrected chi connectivity index (χ1v) is 23.9. The Bertz CT molecular complexity index is 2530. The Hall–Kier alpha value is -5.40. The number of hydrogen-bond donors (Lipinski definition) is 5. The average Bonchev–Trinajstić information content (AvgIpc) is 3.81. The zero-order valence-electron chi connectivity index (χ0n) is 42.0. The minimum atomic E-state index is -2.02. The number of nitrogens with zero attached hydrogens (tertiary/aromatic N) is 4. The van der Waals surface area contributed by atoms with Crippen molar-refractivity contribution in [2.75, 3.05) is 52.4 Å². The molecule has 1 amide bonds. The number of esters is 2. The van der Waals surface area contributed by atoms with Gasteiger partial charge >= 0.3 is 17.7 Å². The number of amides is 1. The number of carbonyl (C=O) groups excluding carboxylic acids is 4. The Morgan fingerprint density at radius 2 is 1.62 bits per heavy atom. The molecular weight excluding hydrogens is 891 g/mol. The van der Waals surface area contributed by atoms with E-state index in [1.165, 1.54) is 33.3 Å². The first-order chi connectivity index (χ1) is 32.5. The van der Waals surface area contributed by atoms with Crippen LogP contribution in [0.5, 0.6) is 17.2 Å². The smallest absolute Gasteiger partial charge is 0.318 e. The molecule has 1 saturated heterocycles. The van der Waals surface area contributed by atoms with Gasteiger partial charge < -0.3 is 54.3 Å². The number of allylic oxidation sites excluding steroid dienone is 2. The molecule has 9 atom stereocenters. The largest absolute Gasteiger partial charge is 0.507 e. The number of benzene rings is 2. The molecule has 2 aromatic carbocycles. The predicted octanol–water partition coefficient (Wildman–Crippen LogP) is 4.57. The topological polar surface area (TPSA) is 239 Å². The number of likely N-dealkylation sites (tertiary alicyclic amines) is 1. The second-order valence-electron chi connectivity index (χ2n) is 19.8. The first-order valence-electron chi connectivity index (χ1n) is 23.9. The highest BCUT2D eigenvalue weighted by Gasteiger charge is 2.50. The molecule has 5 bridgehead atoms. The predicted molar refractivity (Wildman–Crippen MR) is 256 cm³/mol. The van der Waals surface area contributed by atoms with Gasteiger partial charge in [-0.1, -0.05) is 66.7 Å². The van der Waals surface area contributed by atoms with Crippen molar-refractivity contribution in [1.29, 1.82) is 0 Å². The van der Waals surface area contributed by atoms with Gasteiger partial charge in [0.1, 0.15) is 41.8 Å². The molecule has 0 radical (unpaired) electrons. The highest BCUT2D eigenvalue weighted by molar-refractivity contribution is 6.19. The molecule has 2 aromatic rings. The van der Waals surface area contributed by atoms with Crippen LogP contribution in [-0.2, 0) is 33.3 Å². The van der Waals surface area contributed by atoms with Crippen LogP contribution in [0.3, 0.4) is 0 Å². The van der Waals surface area contributed by atoms with Gasteiger partial charge in [0.15, 0.2) is 11.4 Å². The maximum absolute atomic E-state index is 14.9. The van der Waals surface area contributed by atoms with Gasteiger partial charge in [0, 0.05) is 86.7 Å². The molecule has 378 valence electrons. The Kier molecular flexibility index (Phi) is 16.3. The number of ether oxygens (including phenoxy) is 5. The lowest BCUT2D eigenvalue weighted by Gasteiger charge is -2.38. The second kappa shape index (κ2) is 21.3. The molecule has 69 heavy (non-hydrogen) atoms. The van der Waals surface area contributed by atoms with E-state index in [0.717, 1.165) is 6.54 Å². The molecule has 1 fully saturated rings. The van der Waals surface area contributed by atoms with Crippen molar-refractivity contribution in [2.45, 2.75) is 124 Å². The molecule has 18 nitrogen and oxygen atoms in total. The minimum Gasteiger partial charge on any atom is -0.507 e. The maximum Gasteiger partial charge on any atom is 0.318 e. The fourth-order valence-corrected chi connectivity index (χ4v) is 9.64. The van der Waals surface area contributed by atoms with Crippen molar-refractivity contribution >= 4 is 40.1 Å². The third kappa shape index (κ3) is 10.8. The number of anilines is 1. The summed E-state index contributed by atoms with van der Waals surface area (Å²) in [5.41, 5.74) is -0.721. The molecule has 5 aliphatic heterocycles. The summed E-state index contributed by atoms with van der Waals surface area (Å²) in [6.45, 7) is 20.4. The van der Waals surface area contributed by atoms with Crippen LogP contribution in [0.15, 0.2) is 46.1 Å². The lowest BCUT2D eigenvalue weighted by molar-refractivity contribution is -0.168. The number of fused-ring (bicyclic) bond motifs is 13. The second-order valence-corrected chi connectivity index (χ2v) is 19.8. The zero-order valence-corrected chi connectivity index (χ0v) is 42.0. The monoisotopic (exact) mass is 962 g/mol. The summed E-state index contributed by atoms with van der Waals surface area (Å²) in [5.74, 6) is -8.35. The number of aliphatic hydroxyl groups is 2. The van der Waals surface area contributed by atoms with Crippen molar-refractivity contribution in [3.05, 3.63) is 58.0 Å². The normalized spacial score (nSPS) is 30.2. The molecule has 0 saturated carbocycles. The molecule has 5 aliphatic rings. The number of phenolic OH excluding ortho intramolecular Hbond substituents is 2. The highest BCUT2D eigenvalue weighted by atomic mass is 16.7. The molecule has 5 heterocycles. The summed E-state index contributed by atoms with van der Waals surface area (Å²) in [4.78, 5) is 69.3. The maximum atomic E-state index is 14.9. The summed E-state index contributed by atoms with van der Waals surface area (Å²) >= 11 is 0. The van der Waals surface area contributed by atoms with Crippen LogP contribution < -0.4 is 20.8 Å². The lowest BCUT2D eigenvalue weighted by atomic mass is 9.78. The van der Waals surface area contributed by atoms with Crippen molar-refractivity contribution in [2.24, 2.45) is 39.6 Å². The van der Waals surface area contributed by atoms with Gasteiger partial charge in [0.25, 0.3) is 11.7 Å². The molecule has 0 unspecified atom stereocenters. The quantitative estimate of drug-likeness (QED) is 0.100. The van der Waals surface area contributed by atoms with Gasteiger partial charge in [-0.05, 0) is 39.4 Å². The molecule has 0 aromatic heterocycles. The minimum absolute atomic E-state index is 0.00119. The van der Waals surface area contributed by atoms with E-state index in [-0.39, 0.29) is 56.4 Å². The molecule has 0 aliphatic carbocycles. The van der Waals surface area contributed by atoms with Crippen LogP contribution >= 0.6 is 0 Å². The van der Waals surface area contributed by atoms with Crippen LogP contribution in [0.25, 0.3) is 10.8 Å². The fourth-order valence-electron chi connectivity index (χ4n) is 9.64. The van der Waals surface area contributed by atoms with E-state index in [0.29, 0.717) is 38.4 Å².